The molecule has 0 saturated carbocycles. The second kappa shape index (κ2) is 10.8. The summed E-state index contributed by atoms with van der Waals surface area (Å²) < 4.78 is 18.2. The maximum atomic E-state index is 13.0. The number of aliphatic imine (C=N–C) groups is 1. The predicted octanol–water partition coefficient (Wildman–Crippen LogP) is 3.76. The van der Waals surface area contributed by atoms with E-state index in [2.05, 4.69) is 10.3 Å². The number of hydrogen-bond donors (Lipinski definition) is 2. The molecule has 26 heavy (non-hydrogen) atoms. The van der Waals surface area contributed by atoms with Crippen LogP contribution in [0, 0.1) is 5.82 Å². The van der Waals surface area contributed by atoms with Gasteiger partial charge in [0.2, 0.25) is 0 Å². The zero-order chi connectivity index (χ0) is 18.2. The number of benzene rings is 2. The van der Waals surface area contributed by atoms with Gasteiger partial charge in [0.1, 0.15) is 17.3 Å². The van der Waals surface area contributed by atoms with Crippen LogP contribution < -0.4 is 10.1 Å². The molecule has 2 aromatic rings. The molecule has 0 bridgehead atoms. The van der Waals surface area contributed by atoms with Crippen LogP contribution in [0.25, 0.3) is 0 Å². The van der Waals surface area contributed by atoms with Gasteiger partial charge in [-0.25, -0.2) is 9.38 Å². The molecule has 0 aliphatic carbocycles. The molecule has 0 aromatic heterocycles. The van der Waals surface area contributed by atoms with Gasteiger partial charge in [-0.1, -0.05) is 12.1 Å². The van der Waals surface area contributed by atoms with E-state index in [4.69, 9.17) is 4.74 Å². The van der Waals surface area contributed by atoms with Crippen molar-refractivity contribution in [2.24, 2.45) is 4.99 Å². The Labute approximate surface area is 170 Å². The van der Waals surface area contributed by atoms with Gasteiger partial charge in [0, 0.05) is 25.7 Å². The van der Waals surface area contributed by atoms with E-state index in [1.54, 1.807) is 37.4 Å². The van der Waals surface area contributed by atoms with Crippen molar-refractivity contribution in [1.82, 2.24) is 10.2 Å². The minimum atomic E-state index is -0.250. The summed E-state index contributed by atoms with van der Waals surface area (Å²) in [6.45, 7) is 3.62. The van der Waals surface area contributed by atoms with Crippen molar-refractivity contribution >= 4 is 29.9 Å². The number of nitrogens with one attached hydrogen (secondary N) is 1. The lowest BCUT2D eigenvalue weighted by molar-refractivity contribution is 0.410. The highest BCUT2D eigenvalue weighted by atomic mass is 127. The molecule has 0 fully saturated rings. The second-order valence-corrected chi connectivity index (χ2v) is 5.65. The first kappa shape index (κ1) is 22.0. The number of halogens is 2. The summed E-state index contributed by atoms with van der Waals surface area (Å²) >= 11 is 0. The number of hydrogen-bond acceptors (Lipinski definition) is 3. The fraction of sp³-hybridized carbons (Fsp3) is 0.316. The van der Waals surface area contributed by atoms with Gasteiger partial charge in [0.15, 0.2) is 5.96 Å². The average Bonchev–Trinajstić information content (AvgIpc) is 2.61. The van der Waals surface area contributed by atoms with Crippen molar-refractivity contribution in [3.05, 3.63) is 59.4 Å². The first-order valence-corrected chi connectivity index (χ1v) is 8.13. The van der Waals surface area contributed by atoms with Crippen LogP contribution in [0.4, 0.5) is 4.39 Å². The summed E-state index contributed by atoms with van der Waals surface area (Å²) in [5, 5.41) is 13.2. The maximum absolute atomic E-state index is 13.0. The van der Waals surface area contributed by atoms with Crippen molar-refractivity contribution < 1.29 is 14.2 Å². The smallest absolute Gasteiger partial charge is 0.194 e. The third-order valence-electron chi connectivity index (χ3n) is 3.72. The average molecular weight is 473 g/mol. The van der Waals surface area contributed by atoms with Crippen LogP contribution >= 0.6 is 24.0 Å². The molecule has 0 spiro atoms. The number of nitrogens with zero attached hydrogens (tertiary/aromatic N) is 2. The van der Waals surface area contributed by atoms with Crippen LogP contribution in [0.1, 0.15) is 18.1 Å². The number of aromatic hydroxyl groups is 1. The monoisotopic (exact) mass is 473 g/mol. The zero-order valence-corrected chi connectivity index (χ0v) is 17.5. The summed E-state index contributed by atoms with van der Waals surface area (Å²) in [4.78, 5) is 6.53. The van der Waals surface area contributed by atoms with E-state index in [1.165, 1.54) is 12.1 Å². The summed E-state index contributed by atoms with van der Waals surface area (Å²) in [6, 6.07) is 11.5. The Morgan fingerprint density at radius 2 is 1.92 bits per heavy atom. The van der Waals surface area contributed by atoms with E-state index in [1.807, 2.05) is 18.9 Å². The van der Waals surface area contributed by atoms with Gasteiger partial charge >= 0.3 is 0 Å². The Kier molecular flexibility index (Phi) is 9.18. The summed E-state index contributed by atoms with van der Waals surface area (Å²) in [6.07, 6.45) is 0. The van der Waals surface area contributed by atoms with Crippen molar-refractivity contribution in [3.8, 4) is 11.5 Å². The number of guanidine groups is 1. The topological polar surface area (TPSA) is 57.1 Å². The molecule has 0 aliphatic heterocycles. The van der Waals surface area contributed by atoms with Crippen LogP contribution in [-0.2, 0) is 13.1 Å². The number of phenolic OH excluding ortho intramolecular Hbond substituents is 1. The van der Waals surface area contributed by atoms with Gasteiger partial charge in [-0.2, -0.15) is 0 Å². The molecule has 0 heterocycles. The van der Waals surface area contributed by atoms with Crippen molar-refractivity contribution in [1.29, 1.82) is 0 Å². The first-order chi connectivity index (χ1) is 12.0. The SMILES string of the molecule is CCNC(=NCc1cc(OC)ccc1O)N(C)Cc1ccc(F)cc1.I. The quantitative estimate of drug-likeness (QED) is 0.381. The molecule has 0 atom stereocenters. The van der Waals surface area contributed by atoms with Crippen LogP contribution in [0.2, 0.25) is 0 Å². The summed E-state index contributed by atoms with van der Waals surface area (Å²) in [7, 11) is 3.50. The molecule has 7 heteroatoms. The van der Waals surface area contributed by atoms with Gasteiger partial charge in [0.25, 0.3) is 0 Å². The molecule has 2 aromatic carbocycles. The minimum absolute atomic E-state index is 0. The van der Waals surface area contributed by atoms with E-state index in [0.29, 0.717) is 30.4 Å². The van der Waals surface area contributed by atoms with Crippen LogP contribution in [-0.4, -0.2) is 36.7 Å². The van der Waals surface area contributed by atoms with Crippen molar-refractivity contribution in [3.63, 3.8) is 0 Å². The standard InChI is InChI=1S/C19H24FN3O2.HI/c1-4-21-19(23(2)13-14-5-7-16(20)8-6-14)22-12-15-11-17(25-3)9-10-18(15)24;/h5-11,24H,4,12-13H2,1-3H3,(H,21,22);1H. The molecule has 0 radical (unpaired) electrons. The lowest BCUT2D eigenvalue weighted by Gasteiger charge is -2.22. The summed E-state index contributed by atoms with van der Waals surface area (Å²) in [5.74, 6) is 1.31. The second-order valence-electron chi connectivity index (χ2n) is 5.65. The molecule has 142 valence electrons. The molecule has 2 N–H and O–H groups in total. The fourth-order valence-corrected chi connectivity index (χ4v) is 2.38. The van der Waals surface area contributed by atoms with E-state index >= 15 is 0 Å². The minimum Gasteiger partial charge on any atom is -0.508 e. The largest absolute Gasteiger partial charge is 0.508 e. The van der Waals surface area contributed by atoms with Gasteiger partial charge < -0.3 is 20.1 Å². The molecule has 5 nitrogen and oxygen atoms in total. The van der Waals surface area contributed by atoms with Crippen LogP contribution in [0.15, 0.2) is 47.5 Å². The van der Waals surface area contributed by atoms with Gasteiger partial charge in [-0.05, 0) is 42.8 Å². The first-order valence-electron chi connectivity index (χ1n) is 8.13. The van der Waals surface area contributed by atoms with E-state index in [0.717, 1.165) is 12.1 Å². The molecule has 2 rings (SSSR count). The van der Waals surface area contributed by atoms with E-state index in [-0.39, 0.29) is 35.5 Å². The number of phenols is 1. The fourth-order valence-electron chi connectivity index (χ4n) is 2.38. The lowest BCUT2D eigenvalue weighted by atomic mass is 10.2. The normalized spacial score (nSPS) is 10.8. The molecule has 0 amide bonds. The van der Waals surface area contributed by atoms with Crippen molar-refractivity contribution in [2.75, 3.05) is 20.7 Å². The number of ether oxygens (including phenoxy) is 1. The molecular weight excluding hydrogens is 448 g/mol. The number of rotatable bonds is 6. The number of methoxy groups -OCH3 is 1. The molecule has 0 unspecified atom stereocenters. The third kappa shape index (κ3) is 6.36. The Morgan fingerprint density at radius 1 is 1.23 bits per heavy atom. The Bertz CT molecular complexity index is 723. The van der Waals surface area contributed by atoms with Gasteiger partial charge in [-0.3, -0.25) is 0 Å². The Morgan fingerprint density at radius 3 is 2.54 bits per heavy atom. The highest BCUT2D eigenvalue weighted by Crippen LogP contribution is 2.23. The van der Waals surface area contributed by atoms with E-state index in [9.17, 15) is 9.50 Å². The molecule has 0 saturated heterocycles. The van der Waals surface area contributed by atoms with Crippen LogP contribution in [0.3, 0.4) is 0 Å². The predicted molar refractivity (Wildman–Crippen MR) is 113 cm³/mol. The molecular formula is C19H25FIN3O2. The molecule has 0 aliphatic rings. The third-order valence-corrected chi connectivity index (χ3v) is 3.72. The highest BCUT2D eigenvalue weighted by Gasteiger charge is 2.08. The van der Waals surface area contributed by atoms with Crippen LogP contribution in [0.5, 0.6) is 11.5 Å². The maximum Gasteiger partial charge on any atom is 0.194 e. The summed E-state index contributed by atoms with van der Waals surface area (Å²) in [5.41, 5.74) is 1.67. The lowest BCUT2D eigenvalue weighted by Crippen LogP contribution is -2.38. The zero-order valence-electron chi connectivity index (χ0n) is 15.2. The Balaban J connectivity index is 0.00000338. The highest BCUT2D eigenvalue weighted by molar-refractivity contribution is 14.0. The van der Waals surface area contributed by atoms with E-state index < -0.39 is 0 Å². The Hall–Kier alpha value is -2.03. The van der Waals surface area contributed by atoms with Crippen molar-refractivity contribution in [2.45, 2.75) is 20.0 Å². The van der Waals surface area contributed by atoms with Gasteiger partial charge in [-0.15, -0.1) is 24.0 Å². The van der Waals surface area contributed by atoms with Gasteiger partial charge in [0.05, 0.1) is 13.7 Å².